The van der Waals surface area contributed by atoms with Gasteiger partial charge in [0.2, 0.25) is 0 Å². The number of hydrogen-bond donors (Lipinski definition) is 1. The lowest BCUT2D eigenvalue weighted by atomic mass is 10.2. The Morgan fingerprint density at radius 1 is 1.22 bits per heavy atom. The van der Waals surface area contributed by atoms with Crippen LogP contribution in [0.5, 0.6) is 5.75 Å². The molecule has 18 heavy (non-hydrogen) atoms. The Hall–Kier alpha value is -1.55. The first-order chi connectivity index (χ1) is 8.77. The molecule has 1 aromatic carbocycles. The molecular weight excluding hydrogens is 232 g/mol. The third-order valence-electron chi connectivity index (χ3n) is 2.97. The average Bonchev–Trinajstić information content (AvgIpc) is 3.18. The second-order valence-electron chi connectivity index (χ2n) is 4.49. The van der Waals surface area contributed by atoms with E-state index in [-0.39, 0.29) is 5.56 Å². The Balaban J connectivity index is 1.67. The molecule has 0 atom stereocenters. The van der Waals surface area contributed by atoms with Crippen LogP contribution in [0.15, 0.2) is 24.3 Å². The molecule has 4 nitrogen and oxygen atoms in total. The molecule has 0 saturated heterocycles. The van der Waals surface area contributed by atoms with Gasteiger partial charge < -0.3 is 14.6 Å². The fourth-order valence-electron chi connectivity index (χ4n) is 1.74. The molecule has 2 rings (SSSR count). The lowest BCUT2D eigenvalue weighted by Crippen LogP contribution is -2.10. The van der Waals surface area contributed by atoms with Gasteiger partial charge in [0.15, 0.2) is 0 Å². The van der Waals surface area contributed by atoms with Crippen molar-refractivity contribution in [3.05, 3.63) is 29.8 Å². The van der Waals surface area contributed by atoms with Gasteiger partial charge >= 0.3 is 5.97 Å². The molecule has 98 valence electrons. The number of para-hydroxylation sites is 1. The van der Waals surface area contributed by atoms with Crippen LogP contribution in [-0.4, -0.2) is 30.9 Å². The van der Waals surface area contributed by atoms with E-state index in [2.05, 4.69) is 0 Å². The molecule has 0 spiro atoms. The van der Waals surface area contributed by atoms with Crippen molar-refractivity contribution in [3.8, 4) is 5.75 Å². The summed E-state index contributed by atoms with van der Waals surface area (Å²) in [5.74, 6) is 0.301. The molecule has 0 unspecified atom stereocenters. The van der Waals surface area contributed by atoms with E-state index in [0.29, 0.717) is 19.0 Å². The van der Waals surface area contributed by atoms with Crippen LogP contribution in [0.2, 0.25) is 0 Å². The SMILES string of the molecule is O=C(O)c1ccccc1OCCOCCC1CC1. The van der Waals surface area contributed by atoms with Crippen LogP contribution in [0.4, 0.5) is 0 Å². The van der Waals surface area contributed by atoms with E-state index in [1.54, 1.807) is 18.2 Å². The number of aromatic carboxylic acids is 1. The summed E-state index contributed by atoms with van der Waals surface area (Å²) in [6.45, 7) is 1.66. The van der Waals surface area contributed by atoms with Gasteiger partial charge in [-0.3, -0.25) is 0 Å². The topological polar surface area (TPSA) is 55.8 Å². The minimum absolute atomic E-state index is 0.190. The number of rotatable bonds is 8. The summed E-state index contributed by atoms with van der Waals surface area (Å²) in [5.41, 5.74) is 0.190. The first-order valence-corrected chi connectivity index (χ1v) is 6.30. The number of carboxylic acids is 1. The molecular formula is C14H18O4. The van der Waals surface area contributed by atoms with E-state index in [9.17, 15) is 4.79 Å². The Kier molecular flexibility index (Phi) is 4.59. The van der Waals surface area contributed by atoms with Crippen molar-refractivity contribution >= 4 is 5.97 Å². The highest BCUT2D eigenvalue weighted by atomic mass is 16.5. The zero-order chi connectivity index (χ0) is 12.8. The fraction of sp³-hybridized carbons (Fsp3) is 0.500. The third-order valence-corrected chi connectivity index (χ3v) is 2.97. The zero-order valence-corrected chi connectivity index (χ0v) is 10.3. The Bertz CT molecular complexity index is 399. The highest BCUT2D eigenvalue weighted by Gasteiger charge is 2.20. The largest absolute Gasteiger partial charge is 0.490 e. The molecule has 1 saturated carbocycles. The van der Waals surface area contributed by atoms with E-state index in [4.69, 9.17) is 14.6 Å². The Morgan fingerprint density at radius 3 is 2.72 bits per heavy atom. The van der Waals surface area contributed by atoms with Crippen LogP contribution in [0, 0.1) is 5.92 Å². The number of carbonyl (C=O) groups is 1. The highest BCUT2D eigenvalue weighted by Crippen LogP contribution is 2.32. The maximum absolute atomic E-state index is 10.9. The molecule has 1 aromatic rings. The van der Waals surface area contributed by atoms with Gasteiger partial charge in [-0.15, -0.1) is 0 Å². The molecule has 0 bridgehead atoms. The summed E-state index contributed by atoms with van der Waals surface area (Å²) < 4.78 is 10.8. The summed E-state index contributed by atoms with van der Waals surface area (Å²) in [7, 11) is 0. The van der Waals surface area contributed by atoms with E-state index in [1.807, 2.05) is 0 Å². The number of ether oxygens (including phenoxy) is 2. The van der Waals surface area contributed by atoms with Crippen LogP contribution >= 0.6 is 0 Å². The molecule has 0 heterocycles. The van der Waals surface area contributed by atoms with Crippen LogP contribution in [-0.2, 0) is 4.74 Å². The van der Waals surface area contributed by atoms with Gasteiger partial charge in [-0.2, -0.15) is 0 Å². The maximum Gasteiger partial charge on any atom is 0.339 e. The van der Waals surface area contributed by atoms with Crippen molar-refractivity contribution in [2.24, 2.45) is 5.92 Å². The lowest BCUT2D eigenvalue weighted by molar-refractivity contribution is 0.0684. The summed E-state index contributed by atoms with van der Waals surface area (Å²) in [6, 6.07) is 6.64. The molecule has 1 N–H and O–H groups in total. The predicted octanol–water partition coefficient (Wildman–Crippen LogP) is 2.58. The monoisotopic (exact) mass is 250 g/mol. The molecule has 1 fully saturated rings. The molecule has 0 radical (unpaired) electrons. The van der Waals surface area contributed by atoms with Crippen LogP contribution < -0.4 is 4.74 Å². The molecule has 0 aliphatic heterocycles. The van der Waals surface area contributed by atoms with Crippen molar-refractivity contribution in [3.63, 3.8) is 0 Å². The highest BCUT2D eigenvalue weighted by molar-refractivity contribution is 5.90. The molecule has 1 aliphatic carbocycles. The van der Waals surface area contributed by atoms with Gasteiger partial charge in [0.05, 0.1) is 6.61 Å². The first-order valence-electron chi connectivity index (χ1n) is 6.30. The smallest absolute Gasteiger partial charge is 0.339 e. The van der Waals surface area contributed by atoms with Crippen molar-refractivity contribution in [2.75, 3.05) is 19.8 Å². The van der Waals surface area contributed by atoms with Gasteiger partial charge in [0, 0.05) is 6.61 Å². The number of benzene rings is 1. The number of hydrogen-bond acceptors (Lipinski definition) is 3. The second kappa shape index (κ2) is 6.40. The summed E-state index contributed by atoms with van der Waals surface area (Å²) >= 11 is 0. The van der Waals surface area contributed by atoms with Crippen LogP contribution in [0.3, 0.4) is 0 Å². The third kappa shape index (κ3) is 4.04. The second-order valence-corrected chi connectivity index (χ2v) is 4.49. The van der Waals surface area contributed by atoms with Gasteiger partial charge in [0.1, 0.15) is 17.9 Å². The first kappa shape index (κ1) is 12.9. The molecule has 0 aromatic heterocycles. The van der Waals surface area contributed by atoms with E-state index >= 15 is 0 Å². The average molecular weight is 250 g/mol. The number of carboxylic acid groups (broad SMARTS) is 1. The summed E-state index contributed by atoms with van der Waals surface area (Å²) in [5, 5.41) is 8.96. The Morgan fingerprint density at radius 2 is 2.00 bits per heavy atom. The zero-order valence-electron chi connectivity index (χ0n) is 10.3. The predicted molar refractivity (Wildman–Crippen MR) is 67.1 cm³/mol. The molecule has 1 aliphatic rings. The maximum atomic E-state index is 10.9. The summed E-state index contributed by atoms with van der Waals surface area (Å²) in [6.07, 6.45) is 3.81. The van der Waals surface area contributed by atoms with Crippen molar-refractivity contribution in [1.82, 2.24) is 0 Å². The van der Waals surface area contributed by atoms with Crippen molar-refractivity contribution in [2.45, 2.75) is 19.3 Å². The quantitative estimate of drug-likeness (QED) is 0.720. The Labute approximate surface area is 107 Å². The normalized spacial score (nSPS) is 14.4. The molecule has 0 amide bonds. The van der Waals surface area contributed by atoms with E-state index < -0.39 is 5.97 Å². The minimum atomic E-state index is -0.972. The fourth-order valence-corrected chi connectivity index (χ4v) is 1.74. The van der Waals surface area contributed by atoms with Gasteiger partial charge in [-0.05, 0) is 24.5 Å². The van der Waals surface area contributed by atoms with Crippen molar-refractivity contribution in [1.29, 1.82) is 0 Å². The van der Waals surface area contributed by atoms with Gasteiger partial charge in [-0.1, -0.05) is 25.0 Å². The van der Waals surface area contributed by atoms with E-state index in [1.165, 1.54) is 18.9 Å². The van der Waals surface area contributed by atoms with Crippen molar-refractivity contribution < 1.29 is 19.4 Å². The standard InChI is InChI=1S/C14H18O4/c15-14(16)12-3-1-2-4-13(12)18-10-9-17-8-7-11-5-6-11/h1-4,11H,5-10H2,(H,15,16). The minimum Gasteiger partial charge on any atom is -0.490 e. The van der Waals surface area contributed by atoms with E-state index in [0.717, 1.165) is 18.9 Å². The molecule has 4 heteroatoms. The lowest BCUT2D eigenvalue weighted by Gasteiger charge is -2.09. The summed E-state index contributed by atoms with van der Waals surface area (Å²) in [4.78, 5) is 10.9. The van der Waals surface area contributed by atoms with Gasteiger partial charge in [0.25, 0.3) is 0 Å². The van der Waals surface area contributed by atoms with Gasteiger partial charge in [-0.25, -0.2) is 4.79 Å². The van der Waals surface area contributed by atoms with Crippen LogP contribution in [0.25, 0.3) is 0 Å². The van der Waals surface area contributed by atoms with Crippen LogP contribution in [0.1, 0.15) is 29.6 Å².